The number of nitrogens with zero attached hydrogens (tertiary/aromatic N) is 1. The number of halogens is 3. The molecule has 0 amide bonds. The largest absolute Gasteiger partial charge is 0.493 e. The van der Waals surface area contributed by atoms with Crippen molar-refractivity contribution >= 4 is 39.1 Å². The highest BCUT2D eigenvalue weighted by Crippen LogP contribution is 2.37. The fraction of sp³-hybridized carbons (Fsp3) is 0.190. The minimum absolute atomic E-state index is 0.348. The maximum absolute atomic E-state index is 6.12. The third-order valence-electron chi connectivity index (χ3n) is 4.13. The van der Waals surface area contributed by atoms with Crippen molar-refractivity contribution in [2.24, 2.45) is 0 Å². The van der Waals surface area contributed by atoms with Crippen LogP contribution in [0.5, 0.6) is 11.5 Å². The average molecular weight is 482 g/mol. The fourth-order valence-electron chi connectivity index (χ4n) is 2.68. The maximum atomic E-state index is 6.12. The van der Waals surface area contributed by atoms with Gasteiger partial charge in [-0.3, -0.25) is 4.98 Å². The van der Waals surface area contributed by atoms with E-state index in [1.165, 1.54) is 0 Å². The van der Waals surface area contributed by atoms with Crippen LogP contribution in [-0.4, -0.2) is 12.1 Å². The predicted molar refractivity (Wildman–Crippen MR) is 116 cm³/mol. The molecule has 0 aliphatic rings. The number of rotatable bonds is 8. The minimum atomic E-state index is 0.348. The van der Waals surface area contributed by atoms with Crippen molar-refractivity contribution in [3.05, 3.63) is 86.1 Å². The summed E-state index contributed by atoms with van der Waals surface area (Å²) in [6.45, 7) is 1.68. The molecule has 7 heteroatoms. The Labute approximate surface area is 182 Å². The summed E-state index contributed by atoms with van der Waals surface area (Å²) in [6, 6.07) is 13.2. The second-order valence-corrected chi connectivity index (χ2v) is 7.72. The zero-order valence-corrected chi connectivity index (χ0v) is 18.3. The Morgan fingerprint density at radius 2 is 1.75 bits per heavy atom. The van der Waals surface area contributed by atoms with Crippen LogP contribution in [0.2, 0.25) is 10.0 Å². The standard InChI is InChI=1S/C21H19BrCl2N2O2/c1-27-20-5-3-17(22)16(12-26-11-14-6-8-25-9-7-14)21(20)28-13-15-2-4-18(23)19(24)10-15/h2-10,26H,11-13H2,1H3. The summed E-state index contributed by atoms with van der Waals surface area (Å²) in [4.78, 5) is 4.04. The smallest absolute Gasteiger partial charge is 0.167 e. The SMILES string of the molecule is COc1ccc(Br)c(CNCc2ccncc2)c1OCc1ccc(Cl)c(Cl)c1. The molecule has 0 fully saturated rings. The molecular weight excluding hydrogens is 463 g/mol. The first-order chi connectivity index (χ1) is 13.6. The predicted octanol–water partition coefficient (Wildman–Crippen LogP) is 6.03. The molecular formula is C21H19BrCl2N2O2. The molecule has 1 N–H and O–H groups in total. The van der Waals surface area contributed by atoms with Gasteiger partial charge < -0.3 is 14.8 Å². The van der Waals surface area contributed by atoms with Gasteiger partial charge in [0.05, 0.1) is 17.2 Å². The minimum Gasteiger partial charge on any atom is -0.493 e. The normalized spacial score (nSPS) is 10.7. The van der Waals surface area contributed by atoms with Gasteiger partial charge in [0.25, 0.3) is 0 Å². The Balaban J connectivity index is 1.76. The number of ether oxygens (including phenoxy) is 2. The molecule has 0 spiro atoms. The third kappa shape index (κ3) is 5.39. The van der Waals surface area contributed by atoms with Crippen molar-refractivity contribution in [2.75, 3.05) is 7.11 Å². The lowest BCUT2D eigenvalue weighted by atomic mass is 10.1. The molecule has 2 aromatic carbocycles. The van der Waals surface area contributed by atoms with Crippen LogP contribution in [0.4, 0.5) is 0 Å². The van der Waals surface area contributed by atoms with E-state index in [0.29, 0.717) is 34.7 Å². The Hall–Kier alpha value is -1.79. The number of aromatic nitrogens is 1. The van der Waals surface area contributed by atoms with E-state index in [1.54, 1.807) is 31.6 Å². The van der Waals surface area contributed by atoms with Crippen molar-refractivity contribution in [2.45, 2.75) is 19.7 Å². The quantitative estimate of drug-likeness (QED) is 0.426. The number of hydrogen-bond donors (Lipinski definition) is 1. The molecule has 0 aliphatic carbocycles. The number of pyridine rings is 1. The van der Waals surface area contributed by atoms with E-state index >= 15 is 0 Å². The van der Waals surface area contributed by atoms with Crippen LogP contribution < -0.4 is 14.8 Å². The third-order valence-corrected chi connectivity index (χ3v) is 5.62. The number of nitrogens with one attached hydrogen (secondary N) is 1. The molecule has 0 atom stereocenters. The van der Waals surface area contributed by atoms with E-state index in [2.05, 4.69) is 26.2 Å². The van der Waals surface area contributed by atoms with Gasteiger partial charge in [0.15, 0.2) is 11.5 Å². The van der Waals surface area contributed by atoms with E-state index in [4.69, 9.17) is 32.7 Å². The van der Waals surface area contributed by atoms with E-state index in [9.17, 15) is 0 Å². The van der Waals surface area contributed by atoms with Crippen LogP contribution in [0, 0.1) is 0 Å². The Morgan fingerprint density at radius 3 is 2.46 bits per heavy atom. The number of methoxy groups -OCH3 is 1. The van der Waals surface area contributed by atoms with Crippen LogP contribution in [0.25, 0.3) is 0 Å². The van der Waals surface area contributed by atoms with Crippen LogP contribution in [-0.2, 0) is 19.7 Å². The summed E-state index contributed by atoms with van der Waals surface area (Å²) in [6.07, 6.45) is 3.56. The maximum Gasteiger partial charge on any atom is 0.167 e. The first-order valence-electron chi connectivity index (χ1n) is 8.60. The lowest BCUT2D eigenvalue weighted by Gasteiger charge is -2.17. The molecule has 146 valence electrons. The summed E-state index contributed by atoms with van der Waals surface area (Å²) in [5, 5.41) is 4.46. The van der Waals surface area contributed by atoms with Gasteiger partial charge in [0.2, 0.25) is 0 Å². The average Bonchev–Trinajstić information content (AvgIpc) is 2.71. The van der Waals surface area contributed by atoms with Gasteiger partial charge >= 0.3 is 0 Å². The van der Waals surface area contributed by atoms with Gasteiger partial charge in [-0.05, 0) is 47.5 Å². The summed E-state index contributed by atoms with van der Waals surface area (Å²) in [5.41, 5.74) is 3.06. The van der Waals surface area contributed by atoms with Gasteiger partial charge in [0.1, 0.15) is 6.61 Å². The summed E-state index contributed by atoms with van der Waals surface area (Å²) >= 11 is 15.7. The zero-order chi connectivity index (χ0) is 19.9. The molecule has 0 bridgehead atoms. The van der Waals surface area contributed by atoms with E-state index < -0.39 is 0 Å². The van der Waals surface area contributed by atoms with Gasteiger partial charge in [-0.15, -0.1) is 0 Å². The Bertz CT molecular complexity index is 939. The van der Waals surface area contributed by atoms with Crippen LogP contribution >= 0.6 is 39.1 Å². The van der Waals surface area contributed by atoms with Gasteiger partial charge in [-0.2, -0.15) is 0 Å². The molecule has 0 unspecified atom stereocenters. The summed E-state index contributed by atoms with van der Waals surface area (Å²) < 4.78 is 12.6. The fourth-order valence-corrected chi connectivity index (χ4v) is 3.46. The first kappa shape index (κ1) is 20.9. The van der Waals surface area contributed by atoms with Crippen molar-refractivity contribution in [3.8, 4) is 11.5 Å². The monoisotopic (exact) mass is 480 g/mol. The highest BCUT2D eigenvalue weighted by atomic mass is 79.9. The van der Waals surface area contributed by atoms with Gasteiger partial charge in [-0.25, -0.2) is 0 Å². The van der Waals surface area contributed by atoms with Crippen LogP contribution in [0.15, 0.2) is 59.3 Å². The van der Waals surface area contributed by atoms with Crippen LogP contribution in [0.3, 0.4) is 0 Å². The molecule has 0 saturated carbocycles. The second kappa shape index (κ2) is 10.1. The molecule has 0 aliphatic heterocycles. The second-order valence-electron chi connectivity index (χ2n) is 6.05. The van der Waals surface area contributed by atoms with Crippen molar-refractivity contribution < 1.29 is 9.47 Å². The van der Waals surface area contributed by atoms with Crippen molar-refractivity contribution in [3.63, 3.8) is 0 Å². The molecule has 3 rings (SSSR count). The molecule has 1 heterocycles. The molecule has 1 aromatic heterocycles. The molecule has 0 saturated heterocycles. The van der Waals surface area contributed by atoms with Crippen molar-refractivity contribution in [1.29, 1.82) is 0 Å². The van der Waals surface area contributed by atoms with Crippen molar-refractivity contribution in [1.82, 2.24) is 10.3 Å². The number of hydrogen-bond acceptors (Lipinski definition) is 4. The lowest BCUT2D eigenvalue weighted by molar-refractivity contribution is 0.280. The molecule has 28 heavy (non-hydrogen) atoms. The Kier molecular flexibility index (Phi) is 7.57. The topological polar surface area (TPSA) is 43.4 Å². The van der Waals surface area contributed by atoms with E-state index in [0.717, 1.165) is 27.7 Å². The van der Waals surface area contributed by atoms with Gasteiger partial charge in [-0.1, -0.05) is 45.2 Å². The lowest BCUT2D eigenvalue weighted by Crippen LogP contribution is -2.14. The summed E-state index contributed by atoms with van der Waals surface area (Å²) in [5.74, 6) is 1.36. The van der Waals surface area contributed by atoms with E-state index in [1.807, 2.05) is 30.3 Å². The molecule has 3 aromatic rings. The van der Waals surface area contributed by atoms with E-state index in [-0.39, 0.29) is 0 Å². The first-order valence-corrected chi connectivity index (χ1v) is 10.1. The highest BCUT2D eigenvalue weighted by Gasteiger charge is 2.15. The van der Waals surface area contributed by atoms with Gasteiger partial charge in [0, 0.05) is 35.5 Å². The summed E-state index contributed by atoms with van der Waals surface area (Å²) in [7, 11) is 1.63. The Morgan fingerprint density at radius 1 is 0.964 bits per heavy atom. The molecule has 0 radical (unpaired) electrons. The molecule has 4 nitrogen and oxygen atoms in total. The zero-order valence-electron chi connectivity index (χ0n) is 15.2. The number of benzene rings is 2. The highest BCUT2D eigenvalue weighted by molar-refractivity contribution is 9.10. The van der Waals surface area contributed by atoms with Crippen LogP contribution in [0.1, 0.15) is 16.7 Å².